The third-order valence-corrected chi connectivity index (χ3v) is 5.14. The predicted molar refractivity (Wildman–Crippen MR) is 118 cm³/mol. The maximum Gasteiger partial charge on any atom is 0.0708 e. The van der Waals surface area contributed by atoms with Crippen molar-refractivity contribution in [1.82, 2.24) is 20.6 Å². The Morgan fingerprint density at radius 1 is 0.643 bits per heavy atom. The first-order valence-corrected chi connectivity index (χ1v) is 11.2. The summed E-state index contributed by atoms with van der Waals surface area (Å²) in [7, 11) is 0. The van der Waals surface area contributed by atoms with Crippen LogP contribution < -0.4 is 10.6 Å². The van der Waals surface area contributed by atoms with Crippen LogP contribution in [-0.2, 0) is 0 Å². The highest BCUT2D eigenvalue weighted by Gasteiger charge is 2.25. The van der Waals surface area contributed by atoms with E-state index in [2.05, 4.69) is 58.7 Å². The third kappa shape index (κ3) is 8.07. The van der Waals surface area contributed by atoms with Crippen LogP contribution in [0.4, 0.5) is 0 Å². The van der Waals surface area contributed by atoms with Crippen LogP contribution in [0.3, 0.4) is 0 Å². The van der Waals surface area contributed by atoms with Crippen LogP contribution in [0.25, 0.3) is 0 Å². The molecule has 0 aliphatic rings. The van der Waals surface area contributed by atoms with Crippen molar-refractivity contribution in [3.8, 4) is 0 Å². The van der Waals surface area contributed by atoms with E-state index in [1.54, 1.807) is 0 Å². The summed E-state index contributed by atoms with van der Waals surface area (Å²) < 4.78 is 0. The summed E-state index contributed by atoms with van der Waals surface area (Å²) >= 11 is 0. The molecule has 4 nitrogen and oxygen atoms in total. The second kappa shape index (κ2) is 14.3. The van der Waals surface area contributed by atoms with Gasteiger partial charge in [0.25, 0.3) is 0 Å². The van der Waals surface area contributed by atoms with Gasteiger partial charge in [0, 0.05) is 12.4 Å². The van der Waals surface area contributed by atoms with Gasteiger partial charge in [0.05, 0.1) is 23.5 Å². The van der Waals surface area contributed by atoms with E-state index in [1.807, 2.05) is 24.5 Å². The highest BCUT2D eigenvalue weighted by Crippen LogP contribution is 2.27. The normalized spacial score (nSPS) is 13.4. The highest BCUT2D eigenvalue weighted by atomic mass is 15.1. The molecule has 0 amide bonds. The zero-order chi connectivity index (χ0) is 19.9. The number of rotatable bonds is 15. The Labute approximate surface area is 171 Å². The molecule has 0 fully saturated rings. The molecule has 0 spiro atoms. The van der Waals surface area contributed by atoms with Crippen molar-refractivity contribution < 1.29 is 0 Å². The van der Waals surface area contributed by atoms with Crippen LogP contribution in [0.2, 0.25) is 0 Å². The molecule has 0 bridgehead atoms. The predicted octanol–water partition coefficient (Wildman–Crippen LogP) is 5.60. The summed E-state index contributed by atoms with van der Waals surface area (Å²) in [6.07, 6.45) is 13.8. The van der Waals surface area contributed by atoms with E-state index < -0.39 is 0 Å². The Balaban J connectivity index is 2.11. The summed E-state index contributed by atoms with van der Waals surface area (Å²) in [6, 6.07) is 12.6. The number of hydrogen-bond donors (Lipinski definition) is 2. The van der Waals surface area contributed by atoms with Crippen LogP contribution in [0, 0.1) is 0 Å². The van der Waals surface area contributed by atoms with Crippen LogP contribution in [0.1, 0.15) is 88.7 Å². The molecule has 28 heavy (non-hydrogen) atoms. The molecule has 2 N–H and O–H groups in total. The fraction of sp³-hybridized carbons (Fsp3) is 0.583. The number of aromatic nitrogens is 2. The van der Waals surface area contributed by atoms with Crippen molar-refractivity contribution in [3.63, 3.8) is 0 Å². The van der Waals surface area contributed by atoms with Crippen molar-refractivity contribution in [2.45, 2.75) is 77.3 Å². The van der Waals surface area contributed by atoms with E-state index in [0.717, 1.165) is 24.5 Å². The Hall–Kier alpha value is -1.78. The number of pyridine rings is 2. The van der Waals surface area contributed by atoms with Gasteiger partial charge in [-0.15, -0.1) is 0 Å². The zero-order valence-corrected chi connectivity index (χ0v) is 17.7. The van der Waals surface area contributed by atoms with Gasteiger partial charge in [-0.05, 0) is 50.2 Å². The minimum Gasteiger partial charge on any atom is -0.307 e. The smallest absolute Gasteiger partial charge is 0.0708 e. The lowest BCUT2D eigenvalue weighted by Gasteiger charge is -2.29. The average Bonchev–Trinajstić information content (AvgIpc) is 2.75. The lowest BCUT2D eigenvalue weighted by molar-refractivity contribution is 0.364. The van der Waals surface area contributed by atoms with Crippen molar-refractivity contribution in [1.29, 1.82) is 0 Å². The molecular weight excluding hydrogens is 344 g/mol. The van der Waals surface area contributed by atoms with E-state index >= 15 is 0 Å². The topological polar surface area (TPSA) is 49.8 Å². The van der Waals surface area contributed by atoms with Gasteiger partial charge in [0.15, 0.2) is 0 Å². The fourth-order valence-electron chi connectivity index (χ4n) is 3.52. The molecule has 0 aromatic carbocycles. The van der Waals surface area contributed by atoms with Gasteiger partial charge < -0.3 is 10.6 Å². The Morgan fingerprint density at radius 2 is 1.11 bits per heavy atom. The summed E-state index contributed by atoms with van der Waals surface area (Å²) in [5.41, 5.74) is 2.16. The molecule has 0 aliphatic carbocycles. The van der Waals surface area contributed by atoms with E-state index in [1.165, 1.54) is 51.4 Å². The molecule has 154 valence electrons. The molecule has 0 aliphatic heterocycles. The Bertz CT molecular complexity index is 547. The van der Waals surface area contributed by atoms with E-state index in [4.69, 9.17) is 0 Å². The molecule has 2 atom stereocenters. The maximum absolute atomic E-state index is 4.67. The number of hydrogen-bond acceptors (Lipinski definition) is 4. The molecule has 2 heterocycles. The van der Waals surface area contributed by atoms with Crippen molar-refractivity contribution in [3.05, 3.63) is 60.2 Å². The van der Waals surface area contributed by atoms with Gasteiger partial charge in [0.1, 0.15) is 0 Å². The molecule has 2 aromatic rings. The summed E-state index contributed by atoms with van der Waals surface area (Å²) in [5, 5.41) is 7.56. The molecule has 2 rings (SSSR count). The quantitative estimate of drug-likeness (QED) is 0.394. The summed E-state index contributed by atoms with van der Waals surface area (Å²) in [4.78, 5) is 9.34. The van der Waals surface area contributed by atoms with Crippen molar-refractivity contribution in [2.24, 2.45) is 0 Å². The summed E-state index contributed by atoms with van der Waals surface area (Å²) in [6.45, 7) is 6.51. The monoisotopic (exact) mass is 382 g/mol. The summed E-state index contributed by atoms with van der Waals surface area (Å²) in [5.74, 6) is 0. The molecule has 0 radical (unpaired) electrons. The third-order valence-electron chi connectivity index (χ3n) is 5.14. The first-order valence-electron chi connectivity index (χ1n) is 11.2. The minimum absolute atomic E-state index is 0.115. The number of nitrogens with one attached hydrogen (secondary N) is 2. The molecule has 2 aromatic heterocycles. The van der Waals surface area contributed by atoms with Gasteiger partial charge in [-0.3, -0.25) is 9.97 Å². The minimum atomic E-state index is 0.115. The highest BCUT2D eigenvalue weighted by molar-refractivity contribution is 5.18. The standard InChI is InChI=1S/C24H38N4/c1-3-5-7-11-19-27-23(21-15-9-13-17-25-21)24(22-16-10-14-18-26-22)28-20-12-8-6-4-2/h9-10,13-18,23-24,27-28H,3-8,11-12,19-20H2,1-2H3/t23-,24-/m0/s1. The SMILES string of the molecule is CCCCCCN[C@@H](c1ccccn1)[C@@H](NCCCCCC)c1ccccn1. The molecule has 0 unspecified atom stereocenters. The van der Waals surface area contributed by atoms with Crippen molar-refractivity contribution in [2.75, 3.05) is 13.1 Å². The molecular formula is C24H38N4. The van der Waals surface area contributed by atoms with Crippen LogP contribution in [-0.4, -0.2) is 23.1 Å². The average molecular weight is 383 g/mol. The number of nitrogens with zero attached hydrogens (tertiary/aromatic N) is 2. The van der Waals surface area contributed by atoms with Gasteiger partial charge >= 0.3 is 0 Å². The maximum atomic E-state index is 4.67. The van der Waals surface area contributed by atoms with Crippen LogP contribution in [0.15, 0.2) is 48.8 Å². The van der Waals surface area contributed by atoms with Gasteiger partial charge in [-0.1, -0.05) is 64.5 Å². The van der Waals surface area contributed by atoms with Gasteiger partial charge in [-0.25, -0.2) is 0 Å². The van der Waals surface area contributed by atoms with Crippen LogP contribution >= 0.6 is 0 Å². The largest absolute Gasteiger partial charge is 0.307 e. The first-order chi connectivity index (χ1) is 13.9. The van der Waals surface area contributed by atoms with Gasteiger partial charge in [-0.2, -0.15) is 0 Å². The number of unbranched alkanes of at least 4 members (excludes halogenated alkanes) is 6. The van der Waals surface area contributed by atoms with Crippen molar-refractivity contribution >= 4 is 0 Å². The van der Waals surface area contributed by atoms with Crippen LogP contribution in [0.5, 0.6) is 0 Å². The second-order valence-electron chi connectivity index (χ2n) is 7.49. The lowest BCUT2D eigenvalue weighted by Crippen LogP contribution is -2.37. The molecule has 0 saturated heterocycles. The Morgan fingerprint density at radius 3 is 1.46 bits per heavy atom. The van der Waals surface area contributed by atoms with E-state index in [-0.39, 0.29) is 12.1 Å². The lowest BCUT2D eigenvalue weighted by atomic mass is 9.99. The zero-order valence-electron chi connectivity index (χ0n) is 17.7. The van der Waals surface area contributed by atoms with E-state index in [9.17, 15) is 0 Å². The Kier molecular flexibility index (Phi) is 11.5. The van der Waals surface area contributed by atoms with Gasteiger partial charge in [0.2, 0.25) is 0 Å². The molecule has 0 saturated carbocycles. The fourth-order valence-corrected chi connectivity index (χ4v) is 3.52. The second-order valence-corrected chi connectivity index (χ2v) is 7.49. The molecule has 4 heteroatoms. The van der Waals surface area contributed by atoms with E-state index in [0.29, 0.717) is 0 Å². The first kappa shape index (κ1) is 22.5.